The van der Waals surface area contributed by atoms with E-state index in [1.165, 1.54) is 0 Å². The van der Waals surface area contributed by atoms with Crippen LogP contribution in [0.2, 0.25) is 0 Å². The van der Waals surface area contributed by atoms with Crippen LogP contribution in [0.4, 0.5) is 0 Å². The lowest BCUT2D eigenvalue weighted by molar-refractivity contribution is -0.491. The van der Waals surface area contributed by atoms with Gasteiger partial charge in [-0.3, -0.25) is 0 Å². The minimum atomic E-state index is -0.880. The lowest BCUT2D eigenvalue weighted by Gasteiger charge is -1.76. The molecule has 1 aromatic rings. The molecular formula is C3H2N4O3. The van der Waals surface area contributed by atoms with E-state index in [4.69, 9.17) is 0 Å². The van der Waals surface area contributed by atoms with E-state index in [0.29, 0.717) is 0 Å². The van der Waals surface area contributed by atoms with Gasteiger partial charge in [0.2, 0.25) is 0 Å². The molecule has 0 fully saturated rings. The molecule has 0 aliphatic carbocycles. The standard InChI is InChI=1S/C3H2N4O3/c8-7(9)6-3-4-1-10-2-5-3/h1-2H. The van der Waals surface area contributed by atoms with Gasteiger partial charge in [0.05, 0.1) is 0 Å². The predicted molar refractivity (Wildman–Crippen MR) is 26.9 cm³/mol. The maximum atomic E-state index is 9.70. The van der Waals surface area contributed by atoms with Crippen molar-refractivity contribution in [2.75, 3.05) is 0 Å². The van der Waals surface area contributed by atoms with Gasteiger partial charge in [-0.05, 0) is 0 Å². The molecule has 0 atom stereocenters. The van der Waals surface area contributed by atoms with Gasteiger partial charge in [-0.15, -0.1) is 0 Å². The van der Waals surface area contributed by atoms with Crippen molar-refractivity contribution in [2.45, 2.75) is 0 Å². The summed E-state index contributed by atoms with van der Waals surface area (Å²) in [5, 5.41) is 11.6. The van der Waals surface area contributed by atoms with E-state index < -0.39 is 5.03 Å². The Hall–Kier alpha value is -1.79. The maximum absolute atomic E-state index is 9.70. The van der Waals surface area contributed by atoms with E-state index in [-0.39, 0.29) is 5.62 Å². The highest BCUT2D eigenvalue weighted by atomic mass is 16.7. The van der Waals surface area contributed by atoms with Crippen molar-refractivity contribution >= 4 is 0 Å². The Morgan fingerprint density at radius 1 is 1.60 bits per heavy atom. The Labute approximate surface area is 54.2 Å². The molecule has 0 saturated carbocycles. The third-order valence-electron chi connectivity index (χ3n) is 0.629. The van der Waals surface area contributed by atoms with E-state index in [1.807, 2.05) is 0 Å². The zero-order valence-electron chi connectivity index (χ0n) is 4.67. The van der Waals surface area contributed by atoms with Gasteiger partial charge in [0.15, 0.2) is 17.8 Å². The van der Waals surface area contributed by atoms with Crippen molar-refractivity contribution in [1.29, 1.82) is 0 Å². The summed E-state index contributed by atoms with van der Waals surface area (Å²) in [7, 11) is 0. The van der Waals surface area contributed by atoms with Crippen LogP contribution in [0.3, 0.4) is 0 Å². The van der Waals surface area contributed by atoms with Gasteiger partial charge in [0.25, 0.3) is 0 Å². The predicted octanol–water partition coefficient (Wildman–Crippen LogP) is -0.838. The maximum Gasteiger partial charge on any atom is 0.326 e. The van der Waals surface area contributed by atoms with E-state index in [0.717, 1.165) is 12.8 Å². The molecule has 1 aromatic heterocycles. The molecule has 0 radical (unpaired) electrons. The van der Waals surface area contributed by atoms with Crippen molar-refractivity contribution in [2.24, 2.45) is 5.10 Å². The first kappa shape index (κ1) is 6.33. The van der Waals surface area contributed by atoms with Gasteiger partial charge in [-0.2, -0.15) is 9.97 Å². The highest BCUT2D eigenvalue weighted by molar-refractivity contribution is 4.46. The smallest absolute Gasteiger partial charge is 0.326 e. The second-order valence-corrected chi connectivity index (χ2v) is 1.24. The Kier molecular flexibility index (Phi) is 1.69. The molecule has 0 spiro atoms. The zero-order chi connectivity index (χ0) is 7.40. The molecule has 0 bridgehead atoms. The van der Waals surface area contributed by atoms with Crippen molar-refractivity contribution in [3.8, 4) is 0 Å². The van der Waals surface area contributed by atoms with Crippen LogP contribution in [-0.4, -0.2) is 15.0 Å². The molecule has 10 heavy (non-hydrogen) atoms. The lowest BCUT2D eigenvalue weighted by Crippen LogP contribution is -2.12. The fourth-order valence-electron chi connectivity index (χ4n) is 0.340. The number of hydrogen-bond donors (Lipinski definition) is 0. The highest BCUT2D eigenvalue weighted by Gasteiger charge is 1.89. The van der Waals surface area contributed by atoms with Gasteiger partial charge >= 0.3 is 5.62 Å². The average molecular weight is 142 g/mol. The SMILES string of the molecule is O=[N+]([O-])N=c1ncocn1. The van der Waals surface area contributed by atoms with Gasteiger partial charge in [-0.1, -0.05) is 0 Å². The number of aromatic nitrogens is 2. The molecule has 0 amide bonds. The Morgan fingerprint density at radius 2 is 2.20 bits per heavy atom. The third kappa shape index (κ3) is 1.62. The third-order valence-corrected chi connectivity index (χ3v) is 0.629. The summed E-state index contributed by atoms with van der Waals surface area (Å²) in [5.74, 6) is 0. The first-order chi connectivity index (χ1) is 4.79. The second-order valence-electron chi connectivity index (χ2n) is 1.24. The molecule has 0 saturated heterocycles. The van der Waals surface area contributed by atoms with Crippen molar-refractivity contribution in [3.63, 3.8) is 0 Å². The normalized spacial score (nSPS) is 8.80. The van der Waals surface area contributed by atoms with E-state index in [1.54, 1.807) is 0 Å². The first-order valence-corrected chi connectivity index (χ1v) is 2.22. The summed E-state index contributed by atoms with van der Waals surface area (Å²) in [4.78, 5) is 16.4. The van der Waals surface area contributed by atoms with Crippen molar-refractivity contribution in [3.05, 3.63) is 28.5 Å². The molecule has 52 valence electrons. The summed E-state index contributed by atoms with van der Waals surface area (Å²) in [6.45, 7) is 0. The fourth-order valence-corrected chi connectivity index (χ4v) is 0.340. The molecule has 1 rings (SSSR count). The van der Waals surface area contributed by atoms with E-state index >= 15 is 0 Å². The lowest BCUT2D eigenvalue weighted by atomic mass is 11.1. The van der Waals surface area contributed by atoms with Crippen LogP contribution in [-0.2, 0) is 0 Å². The van der Waals surface area contributed by atoms with Crippen LogP contribution in [0, 0.1) is 10.1 Å². The highest BCUT2D eigenvalue weighted by Crippen LogP contribution is 1.66. The van der Waals surface area contributed by atoms with Gasteiger partial charge in [0, 0.05) is 0 Å². The summed E-state index contributed by atoms with van der Waals surface area (Å²) in [6.07, 6.45) is 2.02. The molecule has 0 aromatic carbocycles. The van der Waals surface area contributed by atoms with Crippen LogP contribution in [0.25, 0.3) is 0 Å². The zero-order valence-corrected chi connectivity index (χ0v) is 4.67. The fraction of sp³-hybridized carbons (Fsp3) is 0. The molecule has 0 aliphatic rings. The monoisotopic (exact) mass is 142 g/mol. The van der Waals surface area contributed by atoms with Crippen LogP contribution in [0.5, 0.6) is 0 Å². The molecule has 7 heteroatoms. The number of hydrogen-bond acceptors (Lipinski definition) is 5. The molecular weight excluding hydrogens is 140 g/mol. The largest absolute Gasteiger partial charge is 0.434 e. The van der Waals surface area contributed by atoms with Crippen LogP contribution in [0.1, 0.15) is 0 Å². The molecule has 0 N–H and O–H groups in total. The Bertz CT molecular complexity index is 274. The summed E-state index contributed by atoms with van der Waals surface area (Å²) >= 11 is 0. The summed E-state index contributed by atoms with van der Waals surface area (Å²) in [5.41, 5.74) is -0.226. The van der Waals surface area contributed by atoms with Crippen LogP contribution in [0.15, 0.2) is 22.3 Å². The number of rotatable bonds is 1. The Balaban J connectivity index is 3.06. The van der Waals surface area contributed by atoms with E-state index in [9.17, 15) is 10.1 Å². The molecule has 1 heterocycles. The number of nitro groups is 1. The van der Waals surface area contributed by atoms with Crippen LogP contribution >= 0.6 is 0 Å². The minimum absolute atomic E-state index is 0.226. The average Bonchev–Trinajstić information content (AvgIpc) is 1.88. The van der Waals surface area contributed by atoms with Gasteiger partial charge in [-0.25, -0.2) is 10.1 Å². The quantitative estimate of drug-likeness (QED) is 0.376. The Morgan fingerprint density at radius 3 is 2.70 bits per heavy atom. The topological polar surface area (TPSA) is 94.4 Å². The molecule has 7 nitrogen and oxygen atoms in total. The van der Waals surface area contributed by atoms with E-state index in [2.05, 4.69) is 19.5 Å². The van der Waals surface area contributed by atoms with Gasteiger partial charge in [0.1, 0.15) is 5.10 Å². The number of nitrogens with zero attached hydrogens (tertiary/aromatic N) is 4. The minimum Gasteiger partial charge on any atom is -0.434 e. The second kappa shape index (κ2) is 2.67. The summed E-state index contributed by atoms with van der Waals surface area (Å²) < 4.78 is 4.39. The van der Waals surface area contributed by atoms with Crippen LogP contribution < -0.4 is 5.62 Å². The first-order valence-electron chi connectivity index (χ1n) is 2.22. The van der Waals surface area contributed by atoms with Crippen molar-refractivity contribution in [1.82, 2.24) is 9.97 Å². The molecule has 0 unspecified atom stereocenters. The molecule has 0 aliphatic heterocycles. The van der Waals surface area contributed by atoms with Gasteiger partial charge < -0.3 is 4.42 Å². The van der Waals surface area contributed by atoms with Crippen molar-refractivity contribution < 1.29 is 9.45 Å². The summed E-state index contributed by atoms with van der Waals surface area (Å²) in [6, 6.07) is 0.